The summed E-state index contributed by atoms with van der Waals surface area (Å²) < 4.78 is 1.70. The van der Waals surface area contributed by atoms with E-state index in [0.29, 0.717) is 22.8 Å². The fourth-order valence-corrected chi connectivity index (χ4v) is 6.43. The van der Waals surface area contributed by atoms with E-state index in [-0.39, 0.29) is 5.91 Å². The zero-order valence-electron chi connectivity index (χ0n) is 15.3. The second-order valence-electron chi connectivity index (χ2n) is 8.43. The highest BCUT2D eigenvalue weighted by Gasteiger charge is 2.76. The van der Waals surface area contributed by atoms with Crippen LogP contribution in [0.3, 0.4) is 0 Å². The van der Waals surface area contributed by atoms with Gasteiger partial charge in [-0.15, -0.1) is 0 Å². The zero-order valence-corrected chi connectivity index (χ0v) is 15.3. The Kier molecular flexibility index (Phi) is 2.88. The summed E-state index contributed by atoms with van der Waals surface area (Å²) >= 11 is 0. The number of aryl methyl sites for hydroxylation is 2. The number of benzene rings is 1. The molecule has 4 atom stereocenters. The molecule has 2 fully saturated rings. The number of hydrogen-bond donors (Lipinski definition) is 1. The number of nitrogens with zero attached hydrogens (tertiary/aromatic N) is 2. The van der Waals surface area contributed by atoms with Crippen molar-refractivity contribution in [1.82, 2.24) is 9.78 Å². The van der Waals surface area contributed by atoms with Gasteiger partial charge in [0.1, 0.15) is 0 Å². The minimum Gasteiger partial charge on any atom is -0.322 e. The molecule has 0 saturated heterocycles. The molecule has 1 amide bonds. The molecule has 3 aliphatic rings. The van der Waals surface area contributed by atoms with E-state index in [1.165, 1.54) is 24.0 Å². The van der Waals surface area contributed by atoms with Crippen LogP contribution >= 0.6 is 0 Å². The molecule has 1 N–H and O–H groups in total. The number of carbonyl (C=O) groups is 1. The third-order valence-corrected chi connectivity index (χ3v) is 7.17. The summed E-state index contributed by atoms with van der Waals surface area (Å²) in [6, 6.07) is 6.49. The fraction of sp³-hybridized carbons (Fsp3) is 0.524. The van der Waals surface area contributed by atoms with Gasteiger partial charge in [0.25, 0.3) is 5.91 Å². The molecule has 1 aromatic carbocycles. The molecule has 5 rings (SSSR count). The zero-order chi connectivity index (χ0) is 17.5. The first-order chi connectivity index (χ1) is 12.0. The van der Waals surface area contributed by atoms with E-state index in [0.717, 1.165) is 23.2 Å². The predicted octanol–water partition coefficient (Wildman–Crippen LogP) is 4.23. The third-order valence-electron chi connectivity index (χ3n) is 7.17. The lowest BCUT2D eigenvalue weighted by Gasteiger charge is -2.25. The largest absolute Gasteiger partial charge is 0.322 e. The monoisotopic (exact) mass is 335 g/mol. The molecule has 3 aliphatic carbocycles. The maximum absolute atomic E-state index is 12.8. The number of hydrogen-bond acceptors (Lipinski definition) is 2. The van der Waals surface area contributed by atoms with Crippen LogP contribution in [0.25, 0.3) is 0 Å². The summed E-state index contributed by atoms with van der Waals surface area (Å²) in [6.07, 6.45) is 4.41. The normalized spacial score (nSPS) is 31.2. The fourth-order valence-electron chi connectivity index (χ4n) is 6.43. The topological polar surface area (TPSA) is 46.9 Å². The molecule has 130 valence electrons. The van der Waals surface area contributed by atoms with Crippen LogP contribution in [-0.2, 0) is 7.05 Å². The number of rotatable bonds is 3. The minimum absolute atomic E-state index is 0.0484. The summed E-state index contributed by atoms with van der Waals surface area (Å²) in [6.45, 7) is 6.65. The maximum atomic E-state index is 12.8. The van der Waals surface area contributed by atoms with Gasteiger partial charge in [-0.05, 0) is 66.0 Å². The van der Waals surface area contributed by atoms with Gasteiger partial charge in [0.2, 0.25) is 0 Å². The Morgan fingerprint density at radius 2 is 2.16 bits per heavy atom. The average molecular weight is 335 g/mol. The van der Waals surface area contributed by atoms with Gasteiger partial charge in [-0.2, -0.15) is 5.10 Å². The van der Waals surface area contributed by atoms with Gasteiger partial charge in [0.15, 0.2) is 0 Å². The molecule has 2 aromatic rings. The van der Waals surface area contributed by atoms with Crippen molar-refractivity contribution in [2.24, 2.45) is 24.3 Å². The molecule has 0 radical (unpaired) electrons. The molecule has 1 aromatic heterocycles. The number of nitrogens with one attached hydrogen (secondary N) is 1. The van der Waals surface area contributed by atoms with Crippen molar-refractivity contribution >= 4 is 11.6 Å². The van der Waals surface area contributed by atoms with Crippen molar-refractivity contribution in [2.75, 3.05) is 5.32 Å². The van der Waals surface area contributed by atoms with E-state index in [4.69, 9.17) is 0 Å². The quantitative estimate of drug-likeness (QED) is 0.912. The van der Waals surface area contributed by atoms with Gasteiger partial charge >= 0.3 is 0 Å². The second-order valence-corrected chi connectivity index (χ2v) is 8.43. The van der Waals surface area contributed by atoms with Crippen molar-refractivity contribution in [3.63, 3.8) is 0 Å². The number of anilines is 1. The van der Waals surface area contributed by atoms with E-state index in [1.807, 2.05) is 14.0 Å². The molecule has 4 heteroatoms. The average Bonchev–Trinajstić information content (AvgIpc) is 2.77. The van der Waals surface area contributed by atoms with E-state index >= 15 is 0 Å². The van der Waals surface area contributed by atoms with Crippen LogP contribution < -0.4 is 5.32 Å². The molecule has 0 aliphatic heterocycles. The molecular weight excluding hydrogens is 310 g/mol. The molecule has 0 spiro atoms. The first-order valence-corrected chi connectivity index (χ1v) is 9.40. The van der Waals surface area contributed by atoms with Crippen molar-refractivity contribution in [2.45, 2.75) is 45.4 Å². The van der Waals surface area contributed by atoms with Crippen molar-refractivity contribution in [3.8, 4) is 0 Å². The predicted molar refractivity (Wildman–Crippen MR) is 97.8 cm³/mol. The van der Waals surface area contributed by atoms with Crippen molar-refractivity contribution < 1.29 is 4.79 Å². The molecular formula is C21H25N3O. The van der Waals surface area contributed by atoms with Gasteiger partial charge in [0.05, 0.1) is 11.3 Å². The molecule has 4 unspecified atom stereocenters. The second kappa shape index (κ2) is 4.75. The van der Waals surface area contributed by atoms with Gasteiger partial charge in [-0.1, -0.05) is 26.0 Å². The lowest BCUT2D eigenvalue weighted by molar-refractivity contribution is 0.102. The number of carbonyl (C=O) groups excluding carboxylic acids is 1. The van der Waals surface area contributed by atoms with Crippen molar-refractivity contribution in [3.05, 3.63) is 46.8 Å². The first kappa shape index (κ1) is 15.2. The van der Waals surface area contributed by atoms with Crippen molar-refractivity contribution in [1.29, 1.82) is 0 Å². The number of amides is 1. The highest BCUT2D eigenvalue weighted by atomic mass is 16.1. The Morgan fingerprint density at radius 1 is 1.36 bits per heavy atom. The summed E-state index contributed by atoms with van der Waals surface area (Å²) in [7, 11) is 1.85. The van der Waals surface area contributed by atoms with Crippen LogP contribution in [0.4, 0.5) is 5.69 Å². The first-order valence-electron chi connectivity index (χ1n) is 9.40. The Bertz CT molecular complexity index is 897. The lowest BCUT2D eigenvalue weighted by Crippen LogP contribution is -2.19. The molecule has 25 heavy (non-hydrogen) atoms. The highest BCUT2D eigenvalue weighted by Crippen LogP contribution is 2.85. The Morgan fingerprint density at radius 3 is 2.84 bits per heavy atom. The minimum atomic E-state index is -0.0484. The Hall–Kier alpha value is -2.10. The van der Waals surface area contributed by atoms with Crippen LogP contribution in [0.1, 0.15) is 65.7 Å². The molecule has 2 saturated carbocycles. The SMILES string of the molecule is Cc1nn(C)cc1C(=O)Nc1cccc2c1C1CCC3C2C13C(C)C. The Balaban J connectivity index is 1.53. The summed E-state index contributed by atoms with van der Waals surface area (Å²) in [5, 5.41) is 7.49. The van der Waals surface area contributed by atoms with Crippen LogP contribution in [0.5, 0.6) is 0 Å². The maximum Gasteiger partial charge on any atom is 0.259 e. The number of aromatic nitrogens is 2. The van der Waals surface area contributed by atoms with Crippen LogP contribution in [-0.4, -0.2) is 15.7 Å². The van der Waals surface area contributed by atoms with Gasteiger partial charge in [0, 0.05) is 18.9 Å². The van der Waals surface area contributed by atoms with Crippen LogP contribution in [0.15, 0.2) is 24.4 Å². The van der Waals surface area contributed by atoms with E-state index in [2.05, 4.69) is 42.5 Å². The number of fused-ring (bicyclic) bond motifs is 4. The Labute approximate surface area is 148 Å². The van der Waals surface area contributed by atoms with E-state index in [1.54, 1.807) is 10.9 Å². The molecule has 4 nitrogen and oxygen atoms in total. The van der Waals surface area contributed by atoms with E-state index in [9.17, 15) is 4.79 Å². The standard InChI is InChI=1S/C21H25N3O/c1-11(2)21-15-8-9-16(21)19(21)13-6-5-7-17(18(13)15)22-20(25)14-10-24(4)23-12(14)3/h5-7,10-11,15-16,19H,8-9H2,1-4H3,(H,22,25). The molecule has 1 heterocycles. The van der Waals surface area contributed by atoms with Crippen LogP contribution in [0.2, 0.25) is 0 Å². The smallest absolute Gasteiger partial charge is 0.259 e. The summed E-state index contributed by atoms with van der Waals surface area (Å²) in [4.78, 5) is 12.8. The molecule has 0 bridgehead atoms. The highest BCUT2D eigenvalue weighted by molar-refractivity contribution is 6.05. The van der Waals surface area contributed by atoms with E-state index < -0.39 is 0 Å². The van der Waals surface area contributed by atoms with Crippen LogP contribution in [0, 0.1) is 24.2 Å². The van der Waals surface area contributed by atoms with Gasteiger partial charge in [-0.3, -0.25) is 9.48 Å². The lowest BCUT2D eigenvalue weighted by atomic mass is 9.79. The summed E-state index contributed by atoms with van der Waals surface area (Å²) in [5.74, 6) is 2.86. The van der Waals surface area contributed by atoms with Gasteiger partial charge in [-0.25, -0.2) is 0 Å². The summed E-state index contributed by atoms with van der Waals surface area (Å²) in [5.41, 5.74) is 5.84. The van der Waals surface area contributed by atoms with Gasteiger partial charge < -0.3 is 5.32 Å². The third kappa shape index (κ3) is 1.73.